The maximum absolute atomic E-state index is 14.0. The van der Waals surface area contributed by atoms with E-state index in [1.54, 1.807) is 6.07 Å². The molecular weight excluding hydrogens is 257 g/mol. The summed E-state index contributed by atoms with van der Waals surface area (Å²) in [4.78, 5) is 0. The molecule has 114 valence electrons. The molecule has 0 saturated carbocycles. The van der Waals surface area contributed by atoms with Crippen LogP contribution in [0.25, 0.3) is 0 Å². The molecule has 4 heteroatoms. The molecule has 0 aliphatic rings. The molecule has 0 aliphatic carbocycles. The number of hydrogen-bond donors (Lipinski definition) is 1. The predicted molar refractivity (Wildman–Crippen MR) is 79.8 cm³/mol. The Hall–Kier alpha value is -1.29. The van der Waals surface area contributed by atoms with Crippen molar-refractivity contribution in [1.82, 2.24) is 0 Å². The molecule has 1 atom stereocenters. The van der Waals surface area contributed by atoms with Crippen LogP contribution in [0.15, 0.2) is 12.1 Å². The number of rotatable bonds is 9. The molecular formula is C16H26FNO2. The molecule has 1 aromatic carbocycles. The quantitative estimate of drug-likeness (QED) is 0.691. The number of unbranched alkanes of at least 4 members (excludes halogenated alkanes) is 4. The minimum absolute atomic E-state index is 0.295. The Morgan fingerprint density at radius 3 is 2.25 bits per heavy atom. The average Bonchev–Trinajstić information content (AvgIpc) is 2.46. The highest BCUT2D eigenvalue weighted by Crippen LogP contribution is 2.33. The zero-order valence-corrected chi connectivity index (χ0v) is 12.7. The van der Waals surface area contributed by atoms with E-state index >= 15 is 0 Å². The van der Waals surface area contributed by atoms with Crippen molar-refractivity contribution < 1.29 is 13.9 Å². The van der Waals surface area contributed by atoms with Gasteiger partial charge in [-0.15, -0.1) is 0 Å². The van der Waals surface area contributed by atoms with E-state index in [-0.39, 0.29) is 11.9 Å². The highest BCUT2D eigenvalue weighted by Gasteiger charge is 2.16. The Labute approximate surface area is 121 Å². The molecule has 0 amide bonds. The number of halogens is 1. The van der Waals surface area contributed by atoms with E-state index in [0.29, 0.717) is 17.1 Å². The number of hydrogen-bond acceptors (Lipinski definition) is 3. The second-order valence-electron chi connectivity index (χ2n) is 5.04. The summed E-state index contributed by atoms with van der Waals surface area (Å²) in [6.07, 6.45) is 6.65. The molecule has 0 heterocycles. The van der Waals surface area contributed by atoms with Crippen LogP contribution in [0.2, 0.25) is 0 Å². The van der Waals surface area contributed by atoms with Crippen molar-refractivity contribution in [3.63, 3.8) is 0 Å². The number of nitrogens with two attached hydrogens (primary N) is 1. The van der Waals surface area contributed by atoms with Crippen LogP contribution in [0, 0.1) is 5.82 Å². The van der Waals surface area contributed by atoms with Gasteiger partial charge in [0.15, 0.2) is 11.5 Å². The maximum atomic E-state index is 14.0. The highest BCUT2D eigenvalue weighted by atomic mass is 19.1. The van der Waals surface area contributed by atoms with Crippen LogP contribution in [0.1, 0.15) is 57.1 Å². The topological polar surface area (TPSA) is 44.5 Å². The van der Waals surface area contributed by atoms with Gasteiger partial charge in [-0.2, -0.15) is 0 Å². The van der Waals surface area contributed by atoms with Crippen LogP contribution >= 0.6 is 0 Å². The first-order valence-corrected chi connectivity index (χ1v) is 7.31. The molecule has 2 N–H and O–H groups in total. The van der Waals surface area contributed by atoms with E-state index in [1.807, 2.05) is 0 Å². The largest absolute Gasteiger partial charge is 0.493 e. The van der Waals surface area contributed by atoms with Gasteiger partial charge in [0.05, 0.1) is 14.2 Å². The molecule has 0 fully saturated rings. The van der Waals surface area contributed by atoms with Crippen molar-refractivity contribution in [3.8, 4) is 11.5 Å². The first kappa shape index (κ1) is 16.8. The Bertz CT molecular complexity index is 410. The fourth-order valence-electron chi connectivity index (χ4n) is 2.28. The molecule has 1 unspecified atom stereocenters. The molecule has 0 radical (unpaired) electrons. The molecule has 20 heavy (non-hydrogen) atoms. The molecule has 1 rings (SSSR count). The fourth-order valence-corrected chi connectivity index (χ4v) is 2.28. The Kier molecular flexibility index (Phi) is 7.37. The van der Waals surface area contributed by atoms with Crippen LogP contribution in [0.5, 0.6) is 11.5 Å². The normalized spacial score (nSPS) is 12.2. The minimum atomic E-state index is -0.330. The van der Waals surface area contributed by atoms with Gasteiger partial charge in [-0.1, -0.05) is 39.0 Å². The monoisotopic (exact) mass is 283 g/mol. The van der Waals surface area contributed by atoms with Gasteiger partial charge in [-0.05, 0) is 12.5 Å². The highest BCUT2D eigenvalue weighted by molar-refractivity contribution is 5.44. The molecule has 0 saturated heterocycles. The van der Waals surface area contributed by atoms with Gasteiger partial charge in [0.2, 0.25) is 0 Å². The molecule has 0 aromatic heterocycles. The molecule has 1 aromatic rings. The minimum Gasteiger partial charge on any atom is -0.493 e. The molecule has 3 nitrogen and oxygen atoms in total. The summed E-state index contributed by atoms with van der Waals surface area (Å²) < 4.78 is 24.3. The second kappa shape index (κ2) is 8.80. The number of ether oxygens (including phenoxy) is 2. The van der Waals surface area contributed by atoms with E-state index < -0.39 is 0 Å². The summed E-state index contributed by atoms with van der Waals surface area (Å²) in [6.45, 7) is 2.19. The summed E-state index contributed by atoms with van der Waals surface area (Å²) in [7, 11) is 3.03. The van der Waals surface area contributed by atoms with Gasteiger partial charge in [0, 0.05) is 17.7 Å². The van der Waals surface area contributed by atoms with Crippen LogP contribution in [0.4, 0.5) is 4.39 Å². The third kappa shape index (κ3) is 4.67. The SMILES string of the molecule is CCCCCCCC(N)c1cc(OC)c(OC)cc1F. The van der Waals surface area contributed by atoms with Crippen molar-refractivity contribution >= 4 is 0 Å². The zero-order valence-electron chi connectivity index (χ0n) is 12.7. The molecule has 0 spiro atoms. The van der Waals surface area contributed by atoms with Crippen LogP contribution in [-0.4, -0.2) is 14.2 Å². The predicted octanol–water partition coefficient (Wildman–Crippen LogP) is 4.20. The summed E-state index contributed by atoms with van der Waals surface area (Å²) in [5, 5.41) is 0. The van der Waals surface area contributed by atoms with Crippen LogP contribution in [-0.2, 0) is 0 Å². The maximum Gasteiger partial charge on any atom is 0.163 e. The Morgan fingerprint density at radius 2 is 1.65 bits per heavy atom. The van der Waals surface area contributed by atoms with Crippen molar-refractivity contribution in [2.45, 2.75) is 51.5 Å². The summed E-state index contributed by atoms with van der Waals surface area (Å²) in [5.74, 6) is 0.581. The van der Waals surface area contributed by atoms with Gasteiger partial charge in [-0.3, -0.25) is 0 Å². The third-order valence-electron chi connectivity index (χ3n) is 3.52. The lowest BCUT2D eigenvalue weighted by Gasteiger charge is -2.16. The third-order valence-corrected chi connectivity index (χ3v) is 3.52. The molecule has 0 bridgehead atoms. The zero-order chi connectivity index (χ0) is 15.0. The lowest BCUT2D eigenvalue weighted by molar-refractivity contribution is 0.350. The van der Waals surface area contributed by atoms with Crippen molar-refractivity contribution in [2.24, 2.45) is 5.73 Å². The van der Waals surface area contributed by atoms with Crippen molar-refractivity contribution in [1.29, 1.82) is 0 Å². The fraction of sp³-hybridized carbons (Fsp3) is 0.625. The van der Waals surface area contributed by atoms with Crippen LogP contribution < -0.4 is 15.2 Å². The van der Waals surface area contributed by atoms with E-state index in [9.17, 15) is 4.39 Å². The van der Waals surface area contributed by atoms with Gasteiger partial charge in [0.25, 0.3) is 0 Å². The first-order valence-electron chi connectivity index (χ1n) is 7.31. The van der Waals surface area contributed by atoms with Gasteiger partial charge < -0.3 is 15.2 Å². The first-order chi connectivity index (χ1) is 9.63. The summed E-state index contributed by atoms with van der Waals surface area (Å²) in [5.41, 5.74) is 6.59. The van der Waals surface area contributed by atoms with Gasteiger partial charge >= 0.3 is 0 Å². The second-order valence-corrected chi connectivity index (χ2v) is 5.04. The van der Waals surface area contributed by atoms with E-state index in [4.69, 9.17) is 15.2 Å². The number of methoxy groups -OCH3 is 2. The van der Waals surface area contributed by atoms with E-state index in [1.165, 1.54) is 39.5 Å². The Balaban J connectivity index is 2.65. The standard InChI is InChI=1S/C16H26FNO2/c1-4-5-6-7-8-9-14(18)12-10-15(19-2)16(20-3)11-13(12)17/h10-11,14H,4-9,18H2,1-3H3. The summed E-state index contributed by atoms with van der Waals surface area (Å²) >= 11 is 0. The van der Waals surface area contributed by atoms with Crippen molar-refractivity contribution in [3.05, 3.63) is 23.5 Å². The molecule has 0 aliphatic heterocycles. The number of benzene rings is 1. The van der Waals surface area contributed by atoms with E-state index in [0.717, 1.165) is 19.3 Å². The summed E-state index contributed by atoms with van der Waals surface area (Å²) in [6, 6.07) is 2.69. The Morgan fingerprint density at radius 1 is 1.05 bits per heavy atom. The smallest absolute Gasteiger partial charge is 0.163 e. The lowest BCUT2D eigenvalue weighted by atomic mass is 9.99. The average molecular weight is 283 g/mol. The van der Waals surface area contributed by atoms with Gasteiger partial charge in [0.1, 0.15) is 5.82 Å². The van der Waals surface area contributed by atoms with Gasteiger partial charge in [-0.25, -0.2) is 4.39 Å². The van der Waals surface area contributed by atoms with Crippen LogP contribution in [0.3, 0.4) is 0 Å². The van der Waals surface area contributed by atoms with Crippen molar-refractivity contribution in [2.75, 3.05) is 14.2 Å². The lowest BCUT2D eigenvalue weighted by Crippen LogP contribution is -2.12. The van der Waals surface area contributed by atoms with E-state index in [2.05, 4.69) is 6.92 Å².